The molecule has 8 nitrogen and oxygen atoms in total. The first kappa shape index (κ1) is 22.8. The summed E-state index contributed by atoms with van der Waals surface area (Å²) in [5.74, 6) is 1.17. The number of halogens is 1. The van der Waals surface area contributed by atoms with Crippen molar-refractivity contribution in [2.45, 2.75) is 20.3 Å². The summed E-state index contributed by atoms with van der Waals surface area (Å²) in [7, 11) is 1.66. The lowest BCUT2D eigenvalue weighted by Gasteiger charge is -2.35. The SMILES string of the molecule is C[C@@H]1C[C@H](C)CN(c2ncc(Cl)c(Nc3ccc4c(c3)cc(/C=C/C(=O)O)c(=O)n4C)n2)C1. The van der Waals surface area contributed by atoms with Crippen molar-refractivity contribution in [2.75, 3.05) is 23.3 Å². The van der Waals surface area contributed by atoms with Crippen LogP contribution < -0.4 is 15.8 Å². The van der Waals surface area contributed by atoms with E-state index in [0.29, 0.717) is 34.2 Å². The summed E-state index contributed by atoms with van der Waals surface area (Å²) >= 11 is 6.39. The van der Waals surface area contributed by atoms with Gasteiger partial charge >= 0.3 is 5.97 Å². The van der Waals surface area contributed by atoms with Crippen LogP contribution in [0, 0.1) is 11.8 Å². The maximum Gasteiger partial charge on any atom is 0.328 e. The van der Waals surface area contributed by atoms with E-state index in [1.54, 1.807) is 19.3 Å². The molecule has 9 heteroatoms. The van der Waals surface area contributed by atoms with Crippen LogP contribution in [-0.4, -0.2) is 38.7 Å². The Morgan fingerprint density at radius 1 is 1.24 bits per heavy atom. The molecule has 0 aliphatic carbocycles. The fraction of sp³-hybridized carbons (Fsp3) is 0.333. The second kappa shape index (κ2) is 9.23. The average molecular weight is 468 g/mol. The lowest BCUT2D eigenvalue weighted by molar-refractivity contribution is -0.131. The number of carbonyl (C=O) groups is 1. The van der Waals surface area contributed by atoms with E-state index in [4.69, 9.17) is 16.7 Å². The third-order valence-corrected chi connectivity index (χ3v) is 6.08. The molecule has 0 amide bonds. The van der Waals surface area contributed by atoms with Crippen molar-refractivity contribution >= 4 is 52.0 Å². The van der Waals surface area contributed by atoms with Crippen molar-refractivity contribution in [1.82, 2.24) is 14.5 Å². The summed E-state index contributed by atoms with van der Waals surface area (Å²) in [5.41, 5.74) is 1.49. The number of carboxylic acids is 1. The lowest BCUT2D eigenvalue weighted by Crippen LogP contribution is -2.39. The van der Waals surface area contributed by atoms with Gasteiger partial charge in [0.2, 0.25) is 5.95 Å². The van der Waals surface area contributed by atoms with Crippen molar-refractivity contribution in [3.05, 3.63) is 57.5 Å². The largest absolute Gasteiger partial charge is 0.478 e. The predicted molar refractivity (Wildman–Crippen MR) is 131 cm³/mol. The van der Waals surface area contributed by atoms with Gasteiger partial charge in [0.15, 0.2) is 5.82 Å². The van der Waals surface area contributed by atoms with Crippen LogP contribution in [0.15, 0.2) is 41.3 Å². The van der Waals surface area contributed by atoms with Gasteiger partial charge in [-0.2, -0.15) is 4.98 Å². The molecule has 2 aromatic heterocycles. The van der Waals surface area contributed by atoms with Gasteiger partial charge < -0.3 is 19.9 Å². The minimum atomic E-state index is -1.11. The average Bonchev–Trinajstić information content (AvgIpc) is 2.76. The fourth-order valence-corrected chi connectivity index (χ4v) is 4.57. The highest BCUT2D eigenvalue weighted by Gasteiger charge is 2.24. The van der Waals surface area contributed by atoms with E-state index in [1.165, 1.54) is 17.1 Å². The molecule has 2 atom stereocenters. The van der Waals surface area contributed by atoms with Crippen molar-refractivity contribution in [1.29, 1.82) is 0 Å². The fourth-order valence-electron chi connectivity index (χ4n) is 4.43. The normalized spacial score (nSPS) is 18.7. The zero-order valence-electron chi connectivity index (χ0n) is 18.7. The smallest absolute Gasteiger partial charge is 0.328 e. The first-order valence-corrected chi connectivity index (χ1v) is 11.2. The summed E-state index contributed by atoms with van der Waals surface area (Å²) in [6, 6.07) is 7.22. The highest BCUT2D eigenvalue weighted by atomic mass is 35.5. The summed E-state index contributed by atoms with van der Waals surface area (Å²) < 4.78 is 1.50. The Hall–Kier alpha value is -3.39. The Kier molecular flexibility index (Phi) is 6.37. The van der Waals surface area contributed by atoms with Crippen LogP contribution in [0.2, 0.25) is 5.02 Å². The number of piperidine rings is 1. The first-order valence-electron chi connectivity index (χ1n) is 10.8. The Bertz CT molecular complexity index is 1290. The molecule has 1 fully saturated rings. The number of aromatic nitrogens is 3. The van der Waals surface area contributed by atoms with Crippen LogP contribution in [0.5, 0.6) is 0 Å². The summed E-state index contributed by atoms with van der Waals surface area (Å²) in [6.07, 6.45) is 5.06. The van der Waals surface area contributed by atoms with Gasteiger partial charge in [0.25, 0.3) is 5.56 Å². The van der Waals surface area contributed by atoms with E-state index < -0.39 is 5.97 Å². The first-order chi connectivity index (χ1) is 15.7. The Morgan fingerprint density at radius 3 is 2.67 bits per heavy atom. The molecular formula is C24H26ClN5O3. The van der Waals surface area contributed by atoms with Crippen LogP contribution in [0.25, 0.3) is 17.0 Å². The predicted octanol–water partition coefficient (Wildman–Crippen LogP) is 4.31. The molecule has 1 aliphatic heterocycles. The third kappa shape index (κ3) is 5.01. The van der Waals surface area contributed by atoms with E-state index >= 15 is 0 Å². The number of carboxylic acid groups (broad SMARTS) is 1. The van der Waals surface area contributed by atoms with Gasteiger partial charge in [-0.3, -0.25) is 4.79 Å². The number of aliphatic carboxylic acids is 1. The van der Waals surface area contributed by atoms with Crippen LogP contribution in [0.3, 0.4) is 0 Å². The van der Waals surface area contributed by atoms with Crippen LogP contribution >= 0.6 is 11.6 Å². The number of nitrogens with one attached hydrogen (secondary N) is 1. The van der Waals surface area contributed by atoms with Crippen LogP contribution in [0.4, 0.5) is 17.5 Å². The molecule has 1 aromatic carbocycles. The molecule has 33 heavy (non-hydrogen) atoms. The maximum atomic E-state index is 12.5. The van der Waals surface area contributed by atoms with E-state index in [1.807, 2.05) is 18.2 Å². The molecule has 0 spiro atoms. The van der Waals surface area contributed by atoms with Gasteiger partial charge in [-0.25, -0.2) is 9.78 Å². The Morgan fingerprint density at radius 2 is 1.97 bits per heavy atom. The second-order valence-corrected chi connectivity index (χ2v) is 9.16. The number of rotatable bonds is 5. The number of pyridine rings is 1. The molecule has 4 rings (SSSR count). The summed E-state index contributed by atoms with van der Waals surface area (Å²) in [6.45, 7) is 6.28. The zero-order valence-corrected chi connectivity index (χ0v) is 19.5. The van der Waals surface area contributed by atoms with Gasteiger partial charge in [-0.05, 0) is 48.6 Å². The lowest BCUT2D eigenvalue weighted by atomic mass is 9.92. The molecule has 1 saturated heterocycles. The van der Waals surface area contributed by atoms with E-state index in [-0.39, 0.29) is 5.56 Å². The molecule has 1 aliphatic rings. The van der Waals surface area contributed by atoms with Crippen LogP contribution in [0.1, 0.15) is 25.8 Å². The van der Waals surface area contributed by atoms with Gasteiger partial charge in [-0.15, -0.1) is 0 Å². The third-order valence-electron chi connectivity index (χ3n) is 5.80. The molecule has 2 N–H and O–H groups in total. The Balaban J connectivity index is 1.67. The number of fused-ring (bicyclic) bond motifs is 1. The molecule has 0 radical (unpaired) electrons. The molecule has 0 unspecified atom stereocenters. The monoisotopic (exact) mass is 467 g/mol. The highest BCUT2D eigenvalue weighted by molar-refractivity contribution is 6.32. The van der Waals surface area contributed by atoms with Crippen molar-refractivity contribution < 1.29 is 9.90 Å². The quantitative estimate of drug-likeness (QED) is 0.539. The van der Waals surface area contributed by atoms with E-state index in [2.05, 4.69) is 34.0 Å². The number of aryl methyl sites for hydroxylation is 1. The highest BCUT2D eigenvalue weighted by Crippen LogP contribution is 2.29. The zero-order chi connectivity index (χ0) is 23.7. The van der Waals surface area contributed by atoms with E-state index in [9.17, 15) is 9.59 Å². The van der Waals surface area contributed by atoms with Crippen LogP contribution in [-0.2, 0) is 11.8 Å². The van der Waals surface area contributed by atoms with Crippen molar-refractivity contribution in [3.63, 3.8) is 0 Å². The number of anilines is 3. The molecule has 3 heterocycles. The Labute approximate surface area is 196 Å². The molecular weight excluding hydrogens is 442 g/mol. The molecule has 0 bridgehead atoms. The van der Waals surface area contributed by atoms with E-state index in [0.717, 1.165) is 35.8 Å². The number of nitrogens with zero attached hydrogens (tertiary/aromatic N) is 4. The molecule has 172 valence electrons. The van der Waals surface area contributed by atoms with Gasteiger partial charge in [0, 0.05) is 42.9 Å². The second-order valence-electron chi connectivity index (χ2n) is 8.75. The number of hydrogen-bond donors (Lipinski definition) is 2. The summed E-state index contributed by atoms with van der Waals surface area (Å²) in [5, 5.41) is 13.3. The topological polar surface area (TPSA) is 100 Å². The minimum Gasteiger partial charge on any atom is -0.478 e. The molecule has 0 saturated carbocycles. The number of hydrogen-bond acceptors (Lipinski definition) is 6. The van der Waals surface area contributed by atoms with Crippen molar-refractivity contribution in [2.24, 2.45) is 18.9 Å². The van der Waals surface area contributed by atoms with Gasteiger partial charge in [0.05, 0.1) is 11.7 Å². The minimum absolute atomic E-state index is 0.269. The number of benzene rings is 1. The maximum absolute atomic E-state index is 12.5. The van der Waals surface area contributed by atoms with Gasteiger partial charge in [0.1, 0.15) is 5.02 Å². The van der Waals surface area contributed by atoms with Crippen molar-refractivity contribution in [3.8, 4) is 0 Å². The molecule has 3 aromatic rings. The standard InChI is InChI=1S/C24H26ClN5O3/c1-14-8-15(2)13-30(12-14)24-26-11-19(25)22(28-24)27-18-5-6-20-17(10-18)9-16(4-7-21(31)32)23(33)29(20)3/h4-7,9-11,14-15H,8,12-13H2,1-3H3,(H,31,32)(H,26,27,28)/b7-4+/t14-,15+. The summed E-state index contributed by atoms with van der Waals surface area (Å²) in [4.78, 5) is 34.7. The van der Waals surface area contributed by atoms with Gasteiger partial charge in [-0.1, -0.05) is 25.4 Å².